The summed E-state index contributed by atoms with van der Waals surface area (Å²) >= 11 is 0. The lowest BCUT2D eigenvalue weighted by molar-refractivity contribution is 0.245. The molecule has 4 aromatic rings. The molecule has 0 spiro atoms. The first kappa shape index (κ1) is 24.5. The molecule has 0 saturated carbocycles. The summed E-state index contributed by atoms with van der Waals surface area (Å²) in [7, 11) is 3.94. The SMILES string of the molecule is C[C@H]1CCOc2c(cnn2C)-c2nccc(n2)Nc2cc3c(cn2)c(N2CCC(N(C)CCCF)C2)nn31. The standard InChI is InChI=1S/C26H33FN10O/c1-17-7-12-38-26-20(15-30-35(26)3)24-28-9-5-22(32-24)31-23-13-21-19(14-29-23)25(33-37(17)21)36-11-6-18(16-36)34(2)10-4-8-27/h5,9,13-15,17-18H,4,6-8,10-12,16H2,1-3H3,(H,28,29,31,32)/t17-,18?/m0/s1. The number of pyridine rings is 1. The van der Waals surface area contributed by atoms with Gasteiger partial charge < -0.3 is 19.9 Å². The molecule has 6 heterocycles. The number of likely N-dealkylation sites (N-methyl/N-ethyl adjacent to an activating group) is 1. The average Bonchev–Trinajstić information content (AvgIpc) is 3.64. The Hall–Kier alpha value is -3.80. The minimum Gasteiger partial charge on any atom is -0.477 e. The zero-order valence-electron chi connectivity index (χ0n) is 22.0. The van der Waals surface area contributed by atoms with Crippen LogP contribution in [0.2, 0.25) is 0 Å². The van der Waals surface area contributed by atoms with Crippen LogP contribution in [0.4, 0.5) is 21.8 Å². The van der Waals surface area contributed by atoms with Crippen molar-refractivity contribution in [2.24, 2.45) is 7.05 Å². The Morgan fingerprint density at radius 3 is 2.97 bits per heavy atom. The van der Waals surface area contributed by atoms with Gasteiger partial charge >= 0.3 is 0 Å². The van der Waals surface area contributed by atoms with Crippen molar-refractivity contribution in [1.29, 1.82) is 0 Å². The Labute approximate surface area is 220 Å². The van der Waals surface area contributed by atoms with Gasteiger partial charge in [-0.15, -0.1) is 0 Å². The van der Waals surface area contributed by atoms with Crippen LogP contribution in [0.15, 0.2) is 30.7 Å². The number of alkyl halides is 1. The van der Waals surface area contributed by atoms with Gasteiger partial charge in [-0.3, -0.25) is 9.07 Å². The molecule has 0 aliphatic carbocycles. The third-order valence-electron chi connectivity index (χ3n) is 7.53. The lowest BCUT2D eigenvalue weighted by Crippen LogP contribution is -2.35. The molecule has 12 heteroatoms. The molecule has 0 amide bonds. The summed E-state index contributed by atoms with van der Waals surface area (Å²) in [6, 6.07) is 4.31. The van der Waals surface area contributed by atoms with Gasteiger partial charge in [0.05, 0.1) is 36.4 Å². The van der Waals surface area contributed by atoms with Crippen LogP contribution in [0.5, 0.6) is 5.88 Å². The maximum absolute atomic E-state index is 12.7. The second kappa shape index (κ2) is 10.2. The first-order valence-electron chi connectivity index (χ1n) is 13.2. The predicted molar refractivity (Wildman–Crippen MR) is 144 cm³/mol. The van der Waals surface area contributed by atoms with Crippen molar-refractivity contribution >= 4 is 28.4 Å². The largest absolute Gasteiger partial charge is 0.477 e. The van der Waals surface area contributed by atoms with Crippen molar-refractivity contribution in [2.75, 3.05) is 50.2 Å². The van der Waals surface area contributed by atoms with Gasteiger partial charge in [0.2, 0.25) is 5.88 Å². The summed E-state index contributed by atoms with van der Waals surface area (Å²) in [5, 5.41) is 13.8. The first-order valence-corrected chi connectivity index (χ1v) is 13.2. The van der Waals surface area contributed by atoms with Gasteiger partial charge in [0.15, 0.2) is 11.6 Å². The van der Waals surface area contributed by atoms with E-state index in [4.69, 9.17) is 14.8 Å². The molecule has 1 N–H and O–H groups in total. The molecular formula is C26H33FN10O. The Balaban J connectivity index is 1.36. The highest BCUT2D eigenvalue weighted by atomic mass is 19.1. The zero-order valence-corrected chi connectivity index (χ0v) is 22.0. The van der Waals surface area contributed by atoms with Crippen LogP contribution < -0.4 is 15.0 Å². The summed E-state index contributed by atoms with van der Waals surface area (Å²) in [5.74, 6) is 3.43. The normalized spacial score (nSPS) is 19.4. The van der Waals surface area contributed by atoms with E-state index < -0.39 is 0 Å². The number of anilines is 3. The predicted octanol–water partition coefficient (Wildman–Crippen LogP) is 3.58. The number of aryl methyl sites for hydroxylation is 1. The first-order chi connectivity index (χ1) is 18.5. The summed E-state index contributed by atoms with van der Waals surface area (Å²) in [4.78, 5) is 18.5. The van der Waals surface area contributed by atoms with E-state index >= 15 is 0 Å². The highest BCUT2D eigenvalue weighted by Gasteiger charge is 2.29. The van der Waals surface area contributed by atoms with Crippen molar-refractivity contribution in [3.05, 3.63) is 30.7 Å². The van der Waals surface area contributed by atoms with Crippen LogP contribution in [-0.2, 0) is 7.05 Å². The molecule has 6 rings (SSSR count). The second-order valence-corrected chi connectivity index (χ2v) is 10.1. The van der Waals surface area contributed by atoms with Gasteiger partial charge in [0, 0.05) is 57.6 Å². The number of ether oxygens (including phenoxy) is 1. The van der Waals surface area contributed by atoms with Gasteiger partial charge in [-0.2, -0.15) is 10.2 Å². The van der Waals surface area contributed by atoms with Crippen molar-refractivity contribution < 1.29 is 9.13 Å². The van der Waals surface area contributed by atoms with Gasteiger partial charge in [-0.1, -0.05) is 0 Å². The van der Waals surface area contributed by atoms with Gasteiger partial charge in [0.1, 0.15) is 17.2 Å². The second-order valence-electron chi connectivity index (χ2n) is 10.1. The number of nitrogens with one attached hydrogen (secondary N) is 1. The molecule has 4 aromatic heterocycles. The minimum atomic E-state index is -0.280. The Kier molecular flexibility index (Phi) is 6.56. The highest BCUT2D eigenvalue weighted by Crippen LogP contribution is 2.34. The molecule has 2 aliphatic rings. The molecule has 2 atom stereocenters. The van der Waals surface area contributed by atoms with E-state index in [1.807, 2.05) is 25.4 Å². The molecule has 1 unspecified atom stereocenters. The monoisotopic (exact) mass is 520 g/mol. The van der Waals surface area contributed by atoms with Crippen LogP contribution in [0.1, 0.15) is 32.2 Å². The van der Waals surface area contributed by atoms with Crippen molar-refractivity contribution in [2.45, 2.75) is 38.3 Å². The van der Waals surface area contributed by atoms with Crippen LogP contribution in [-0.4, -0.2) is 85.4 Å². The topological polar surface area (TPSA) is 102 Å². The molecular weight excluding hydrogens is 487 g/mol. The van der Waals surface area contributed by atoms with Crippen LogP contribution in [0, 0.1) is 0 Å². The molecule has 0 aromatic carbocycles. The fourth-order valence-electron chi connectivity index (χ4n) is 5.33. The highest BCUT2D eigenvalue weighted by molar-refractivity contribution is 5.92. The van der Waals surface area contributed by atoms with Crippen LogP contribution in [0.25, 0.3) is 22.3 Å². The smallest absolute Gasteiger partial charge is 0.222 e. The maximum Gasteiger partial charge on any atom is 0.222 e. The average molecular weight is 521 g/mol. The number of hydrogen-bond donors (Lipinski definition) is 1. The van der Waals surface area contributed by atoms with Crippen LogP contribution in [0.3, 0.4) is 0 Å². The summed E-state index contributed by atoms with van der Waals surface area (Å²) < 4.78 is 22.7. The summed E-state index contributed by atoms with van der Waals surface area (Å²) in [6.45, 7) is 4.90. The van der Waals surface area contributed by atoms with Crippen LogP contribution >= 0.6 is 0 Å². The maximum atomic E-state index is 12.7. The van der Waals surface area contributed by atoms with E-state index in [0.717, 1.165) is 54.8 Å². The molecule has 38 heavy (non-hydrogen) atoms. The van der Waals surface area contributed by atoms with Crippen molar-refractivity contribution in [1.82, 2.24) is 39.4 Å². The molecule has 1 fully saturated rings. The lowest BCUT2D eigenvalue weighted by Gasteiger charge is -2.24. The number of halogens is 1. The number of fused-ring (bicyclic) bond motifs is 5. The van der Waals surface area contributed by atoms with E-state index in [1.54, 1.807) is 17.1 Å². The molecule has 4 bridgehead atoms. The quantitative estimate of drug-likeness (QED) is 0.423. The zero-order chi connectivity index (χ0) is 26.2. The lowest BCUT2D eigenvalue weighted by atomic mass is 10.2. The van der Waals surface area contributed by atoms with Gasteiger partial charge in [0.25, 0.3) is 0 Å². The van der Waals surface area contributed by atoms with E-state index in [-0.39, 0.29) is 12.7 Å². The molecule has 200 valence electrons. The number of hydrogen-bond acceptors (Lipinski definition) is 9. The van der Waals surface area contributed by atoms with Gasteiger partial charge in [-0.25, -0.2) is 19.6 Å². The Morgan fingerprint density at radius 1 is 1.21 bits per heavy atom. The molecule has 2 aliphatic heterocycles. The summed E-state index contributed by atoms with van der Waals surface area (Å²) in [5.41, 5.74) is 1.75. The minimum absolute atomic E-state index is 0.0841. The number of rotatable bonds is 5. The van der Waals surface area contributed by atoms with E-state index in [2.05, 4.69) is 48.8 Å². The number of aromatic nitrogens is 7. The van der Waals surface area contributed by atoms with E-state index in [1.165, 1.54) is 0 Å². The Morgan fingerprint density at radius 2 is 2.11 bits per heavy atom. The third kappa shape index (κ3) is 4.53. The Bertz CT molecular complexity index is 1430. The molecule has 1 saturated heterocycles. The van der Waals surface area contributed by atoms with Crippen molar-refractivity contribution in [3.63, 3.8) is 0 Å². The number of nitrogens with zero attached hydrogens (tertiary/aromatic N) is 9. The molecule has 11 nitrogen and oxygen atoms in total. The fourth-order valence-corrected chi connectivity index (χ4v) is 5.33. The summed E-state index contributed by atoms with van der Waals surface area (Å²) in [6.07, 6.45) is 7.68. The fraction of sp³-hybridized carbons (Fsp3) is 0.500. The third-order valence-corrected chi connectivity index (χ3v) is 7.53. The van der Waals surface area contributed by atoms with Crippen molar-refractivity contribution in [3.8, 4) is 17.3 Å². The van der Waals surface area contributed by atoms with E-state index in [9.17, 15) is 4.39 Å². The van der Waals surface area contributed by atoms with Gasteiger partial charge in [-0.05, 0) is 32.9 Å². The van der Waals surface area contributed by atoms with E-state index in [0.29, 0.717) is 42.4 Å². The molecule has 0 radical (unpaired) electrons.